The summed E-state index contributed by atoms with van der Waals surface area (Å²) in [5.74, 6) is 0. The fraction of sp³-hybridized carbons (Fsp3) is 0.667. The highest BCUT2D eigenvalue weighted by Gasteiger charge is 2.09. The fourth-order valence-corrected chi connectivity index (χ4v) is 0.487. The zero-order chi connectivity index (χ0) is 7.28. The normalized spacial score (nSPS) is 16.8. The predicted molar refractivity (Wildman–Crippen MR) is 36.1 cm³/mol. The molecule has 0 rings (SSSR count). The number of nitrogens with one attached hydrogen (secondary N) is 1. The molecule has 9 heavy (non-hydrogen) atoms. The van der Waals surface area contributed by atoms with Gasteiger partial charge in [0.25, 0.3) is 0 Å². The van der Waals surface area contributed by atoms with Crippen molar-refractivity contribution in [1.29, 1.82) is 0 Å². The summed E-state index contributed by atoms with van der Waals surface area (Å²) in [6, 6.07) is 0. The molecule has 0 aromatic heterocycles. The molecule has 0 aromatic rings. The molecule has 0 radical (unpaired) electrons. The molecule has 0 saturated carbocycles. The molecule has 0 unspecified atom stereocenters. The number of likely N-dealkylation sites (N-methyl/N-ethyl adjacent to an activating group) is 1. The van der Waals surface area contributed by atoms with Crippen LogP contribution < -0.4 is 5.32 Å². The Kier molecular flexibility index (Phi) is 4.30. The Labute approximate surface area is 55.0 Å². The molecule has 3 nitrogen and oxygen atoms in total. The van der Waals surface area contributed by atoms with Gasteiger partial charge < -0.3 is 15.5 Å². The average Bonchev–Trinajstić information content (AvgIpc) is 1.87. The van der Waals surface area contributed by atoms with Crippen molar-refractivity contribution in [2.45, 2.75) is 12.2 Å². The van der Waals surface area contributed by atoms with E-state index in [0.29, 0.717) is 6.54 Å². The van der Waals surface area contributed by atoms with Gasteiger partial charge in [0.05, 0.1) is 12.2 Å². The van der Waals surface area contributed by atoms with E-state index < -0.39 is 12.2 Å². The summed E-state index contributed by atoms with van der Waals surface area (Å²) in [6.07, 6.45) is -0.257. The molecule has 0 bridgehead atoms. The quantitative estimate of drug-likeness (QED) is 0.434. The minimum atomic E-state index is -0.822. The Hall–Kier alpha value is -0.380. The molecule has 0 aromatic carbocycles. The second kappa shape index (κ2) is 4.49. The largest absolute Gasteiger partial charge is 0.389 e. The minimum Gasteiger partial charge on any atom is -0.389 e. The number of rotatable bonds is 4. The Morgan fingerprint density at radius 3 is 2.56 bits per heavy atom. The van der Waals surface area contributed by atoms with Gasteiger partial charge in [-0.15, -0.1) is 6.58 Å². The van der Waals surface area contributed by atoms with Crippen LogP contribution in [0.2, 0.25) is 0 Å². The van der Waals surface area contributed by atoms with E-state index in [9.17, 15) is 0 Å². The van der Waals surface area contributed by atoms with Gasteiger partial charge in [-0.3, -0.25) is 0 Å². The molecule has 54 valence electrons. The fourth-order valence-electron chi connectivity index (χ4n) is 0.487. The first-order valence-corrected chi connectivity index (χ1v) is 2.85. The lowest BCUT2D eigenvalue weighted by Crippen LogP contribution is -2.33. The summed E-state index contributed by atoms with van der Waals surface area (Å²) in [5, 5.41) is 20.5. The molecular formula is C6H13NO2. The maximum atomic E-state index is 8.93. The minimum absolute atomic E-state index is 0.382. The molecule has 3 heteroatoms. The van der Waals surface area contributed by atoms with Gasteiger partial charge in [-0.1, -0.05) is 6.08 Å². The summed E-state index contributed by atoms with van der Waals surface area (Å²) in [5.41, 5.74) is 0. The second-order valence-electron chi connectivity index (χ2n) is 1.85. The number of aliphatic hydroxyl groups excluding tert-OH is 2. The van der Waals surface area contributed by atoms with Crippen molar-refractivity contribution >= 4 is 0 Å². The first-order valence-electron chi connectivity index (χ1n) is 2.85. The van der Waals surface area contributed by atoms with E-state index in [1.165, 1.54) is 6.08 Å². The van der Waals surface area contributed by atoms with Gasteiger partial charge in [-0.25, -0.2) is 0 Å². The molecule has 0 amide bonds. The molecule has 0 spiro atoms. The second-order valence-corrected chi connectivity index (χ2v) is 1.85. The summed E-state index contributed by atoms with van der Waals surface area (Å²) in [7, 11) is 1.71. The van der Waals surface area contributed by atoms with Crippen LogP contribution in [-0.2, 0) is 0 Å². The van der Waals surface area contributed by atoms with Crippen LogP contribution in [0.3, 0.4) is 0 Å². The molecule has 0 aliphatic heterocycles. The highest BCUT2D eigenvalue weighted by Crippen LogP contribution is 1.90. The lowest BCUT2D eigenvalue weighted by Gasteiger charge is -2.12. The van der Waals surface area contributed by atoms with E-state index in [2.05, 4.69) is 11.9 Å². The standard InChI is InChI=1S/C6H13NO2/c1-3-5(8)6(9)4-7-2/h3,5-9H,1,4H2,2H3/t5-,6+/m0/s1. The number of hydrogen-bond acceptors (Lipinski definition) is 3. The Morgan fingerprint density at radius 2 is 2.22 bits per heavy atom. The molecule has 2 atom stereocenters. The van der Waals surface area contributed by atoms with Crippen molar-refractivity contribution in [3.8, 4) is 0 Å². The van der Waals surface area contributed by atoms with Crippen LogP contribution in [-0.4, -0.2) is 36.0 Å². The van der Waals surface area contributed by atoms with Crippen molar-refractivity contribution in [3.63, 3.8) is 0 Å². The topological polar surface area (TPSA) is 52.5 Å². The van der Waals surface area contributed by atoms with Gasteiger partial charge in [-0.05, 0) is 7.05 Å². The first-order chi connectivity index (χ1) is 4.22. The maximum Gasteiger partial charge on any atom is 0.0989 e. The van der Waals surface area contributed by atoms with Crippen LogP contribution >= 0.6 is 0 Å². The van der Waals surface area contributed by atoms with Gasteiger partial charge >= 0.3 is 0 Å². The molecule has 0 heterocycles. The van der Waals surface area contributed by atoms with Crippen LogP contribution in [0, 0.1) is 0 Å². The van der Waals surface area contributed by atoms with Crippen molar-refractivity contribution in [2.24, 2.45) is 0 Å². The van der Waals surface area contributed by atoms with Crippen molar-refractivity contribution in [3.05, 3.63) is 12.7 Å². The third-order valence-electron chi connectivity index (χ3n) is 1.05. The van der Waals surface area contributed by atoms with Gasteiger partial charge in [0.15, 0.2) is 0 Å². The monoisotopic (exact) mass is 131 g/mol. The average molecular weight is 131 g/mol. The summed E-state index contributed by atoms with van der Waals surface area (Å²) in [6.45, 7) is 3.71. The zero-order valence-corrected chi connectivity index (χ0v) is 5.54. The van der Waals surface area contributed by atoms with Crippen molar-refractivity contribution < 1.29 is 10.2 Å². The van der Waals surface area contributed by atoms with Gasteiger partial charge in [0, 0.05) is 6.54 Å². The summed E-state index contributed by atoms with van der Waals surface area (Å²) >= 11 is 0. The first kappa shape index (κ1) is 8.62. The number of hydrogen-bond donors (Lipinski definition) is 3. The Balaban J connectivity index is 3.44. The molecule has 0 fully saturated rings. The molecule has 0 aliphatic carbocycles. The van der Waals surface area contributed by atoms with Crippen molar-refractivity contribution in [1.82, 2.24) is 5.32 Å². The maximum absolute atomic E-state index is 8.93. The van der Waals surface area contributed by atoms with E-state index in [4.69, 9.17) is 10.2 Å². The van der Waals surface area contributed by atoms with Crippen LogP contribution in [0.5, 0.6) is 0 Å². The lowest BCUT2D eigenvalue weighted by molar-refractivity contribution is 0.0506. The summed E-state index contributed by atoms with van der Waals surface area (Å²) < 4.78 is 0. The molecule has 0 saturated heterocycles. The van der Waals surface area contributed by atoms with Crippen LogP contribution in [0.25, 0.3) is 0 Å². The van der Waals surface area contributed by atoms with E-state index in [1.807, 2.05) is 0 Å². The van der Waals surface area contributed by atoms with E-state index in [1.54, 1.807) is 7.05 Å². The van der Waals surface area contributed by atoms with Gasteiger partial charge in [0.1, 0.15) is 0 Å². The van der Waals surface area contributed by atoms with Crippen LogP contribution in [0.4, 0.5) is 0 Å². The van der Waals surface area contributed by atoms with Crippen LogP contribution in [0.1, 0.15) is 0 Å². The SMILES string of the molecule is C=C[C@H](O)[C@H](O)CNC. The third-order valence-corrected chi connectivity index (χ3v) is 1.05. The predicted octanol–water partition coefficient (Wildman–Crippen LogP) is -0.886. The lowest BCUT2D eigenvalue weighted by atomic mass is 10.2. The van der Waals surface area contributed by atoms with Gasteiger partial charge in [0.2, 0.25) is 0 Å². The van der Waals surface area contributed by atoms with Crippen LogP contribution in [0.15, 0.2) is 12.7 Å². The van der Waals surface area contributed by atoms with Crippen molar-refractivity contribution in [2.75, 3.05) is 13.6 Å². The Bertz CT molecular complexity index is 85.1. The van der Waals surface area contributed by atoms with E-state index in [0.717, 1.165) is 0 Å². The highest BCUT2D eigenvalue weighted by atomic mass is 16.3. The Morgan fingerprint density at radius 1 is 1.67 bits per heavy atom. The zero-order valence-electron chi connectivity index (χ0n) is 5.54. The molecule has 0 aliphatic rings. The van der Waals surface area contributed by atoms with E-state index >= 15 is 0 Å². The summed E-state index contributed by atoms with van der Waals surface area (Å²) in [4.78, 5) is 0. The third kappa shape index (κ3) is 3.24. The molecule has 3 N–H and O–H groups in total. The highest BCUT2D eigenvalue weighted by molar-refractivity contribution is 4.84. The number of aliphatic hydroxyl groups is 2. The molecular weight excluding hydrogens is 118 g/mol. The smallest absolute Gasteiger partial charge is 0.0989 e. The van der Waals surface area contributed by atoms with E-state index in [-0.39, 0.29) is 0 Å². The van der Waals surface area contributed by atoms with Gasteiger partial charge in [-0.2, -0.15) is 0 Å².